The number of rotatable bonds is 4. The Bertz CT molecular complexity index is 1110. The molecule has 0 fully saturated rings. The molecule has 1 atom stereocenters. The van der Waals surface area contributed by atoms with Gasteiger partial charge in [0.05, 0.1) is 17.9 Å². The second-order valence-electron chi connectivity index (χ2n) is 8.80. The average molecular weight is 406 g/mol. The summed E-state index contributed by atoms with van der Waals surface area (Å²) >= 11 is 0. The molecule has 1 amide bonds. The molecular formula is C23H27N5O2. The lowest BCUT2D eigenvalue weighted by Gasteiger charge is -2.24. The summed E-state index contributed by atoms with van der Waals surface area (Å²) in [5, 5.41) is 7.68. The van der Waals surface area contributed by atoms with Gasteiger partial charge in [-0.2, -0.15) is 5.10 Å². The molecule has 0 bridgehead atoms. The highest BCUT2D eigenvalue weighted by Crippen LogP contribution is 2.31. The predicted molar refractivity (Wildman–Crippen MR) is 115 cm³/mol. The van der Waals surface area contributed by atoms with Crippen molar-refractivity contribution in [3.05, 3.63) is 76.2 Å². The molecule has 2 heterocycles. The molecule has 0 saturated carbocycles. The van der Waals surface area contributed by atoms with Crippen molar-refractivity contribution in [2.75, 3.05) is 0 Å². The Balaban J connectivity index is 1.53. The zero-order valence-electron chi connectivity index (χ0n) is 17.6. The Kier molecular flexibility index (Phi) is 5.28. The number of carbonyl (C=O) groups excluding carboxylic acids is 1. The van der Waals surface area contributed by atoms with Crippen molar-refractivity contribution in [2.45, 2.75) is 58.0 Å². The molecule has 1 N–H and O–H groups in total. The number of carbonyl (C=O) groups is 1. The Hall–Kier alpha value is -3.22. The highest BCUT2D eigenvalue weighted by molar-refractivity contribution is 5.76. The van der Waals surface area contributed by atoms with Gasteiger partial charge in [-0.05, 0) is 48.4 Å². The Morgan fingerprint density at radius 2 is 2.00 bits per heavy atom. The largest absolute Gasteiger partial charge is 0.348 e. The van der Waals surface area contributed by atoms with E-state index < -0.39 is 5.69 Å². The van der Waals surface area contributed by atoms with Gasteiger partial charge in [0.15, 0.2) is 0 Å². The van der Waals surface area contributed by atoms with Gasteiger partial charge in [-0.25, -0.2) is 14.5 Å². The molecule has 0 saturated heterocycles. The molecule has 7 nitrogen and oxygen atoms in total. The Morgan fingerprint density at radius 3 is 2.70 bits per heavy atom. The number of fused-ring (bicyclic) bond motifs is 1. The summed E-state index contributed by atoms with van der Waals surface area (Å²) in [4.78, 5) is 28.0. The molecule has 0 spiro atoms. The maximum atomic E-state index is 12.5. The van der Waals surface area contributed by atoms with Gasteiger partial charge in [0.1, 0.15) is 6.54 Å². The van der Waals surface area contributed by atoms with Gasteiger partial charge in [0, 0.05) is 23.7 Å². The fourth-order valence-electron chi connectivity index (χ4n) is 3.93. The molecule has 3 aromatic rings. The molecule has 1 aliphatic rings. The first-order valence-electron chi connectivity index (χ1n) is 10.3. The third-order valence-electron chi connectivity index (χ3n) is 5.59. The van der Waals surface area contributed by atoms with Gasteiger partial charge in [-0.15, -0.1) is 0 Å². The van der Waals surface area contributed by atoms with Crippen LogP contribution in [0.25, 0.3) is 5.69 Å². The summed E-state index contributed by atoms with van der Waals surface area (Å²) in [5.74, 6) is -0.203. The van der Waals surface area contributed by atoms with Crippen LogP contribution in [0.1, 0.15) is 56.5 Å². The van der Waals surface area contributed by atoms with Gasteiger partial charge in [0.2, 0.25) is 5.91 Å². The number of hydrogen-bond donors (Lipinski definition) is 1. The van der Waals surface area contributed by atoms with Crippen LogP contribution in [0.15, 0.2) is 53.7 Å². The van der Waals surface area contributed by atoms with Crippen LogP contribution in [0.2, 0.25) is 0 Å². The van der Waals surface area contributed by atoms with E-state index in [0.717, 1.165) is 36.2 Å². The third-order valence-corrected chi connectivity index (χ3v) is 5.59. The summed E-state index contributed by atoms with van der Waals surface area (Å²) < 4.78 is 3.28. The van der Waals surface area contributed by atoms with Crippen LogP contribution < -0.4 is 11.0 Å². The minimum atomic E-state index is -0.427. The van der Waals surface area contributed by atoms with Gasteiger partial charge in [-0.1, -0.05) is 32.9 Å². The first kappa shape index (κ1) is 20.1. The van der Waals surface area contributed by atoms with Crippen LogP contribution in [0.5, 0.6) is 0 Å². The molecule has 2 aromatic heterocycles. The summed E-state index contributed by atoms with van der Waals surface area (Å²) in [6.07, 6.45) is 7.59. The highest BCUT2D eigenvalue weighted by Gasteiger charge is 2.26. The number of amides is 1. The number of nitrogens with zero attached hydrogens (tertiary/aromatic N) is 4. The molecular weight excluding hydrogens is 378 g/mol. The molecule has 4 rings (SSSR count). The zero-order valence-corrected chi connectivity index (χ0v) is 17.6. The van der Waals surface area contributed by atoms with E-state index >= 15 is 0 Å². The monoisotopic (exact) mass is 405 g/mol. The third kappa shape index (κ3) is 4.06. The van der Waals surface area contributed by atoms with Gasteiger partial charge < -0.3 is 5.32 Å². The number of nitrogens with one attached hydrogen (secondary N) is 1. The van der Waals surface area contributed by atoms with Crippen LogP contribution >= 0.6 is 0 Å². The minimum Gasteiger partial charge on any atom is -0.348 e. The van der Waals surface area contributed by atoms with E-state index in [9.17, 15) is 9.59 Å². The minimum absolute atomic E-state index is 0.0408. The molecule has 30 heavy (non-hydrogen) atoms. The van der Waals surface area contributed by atoms with Crippen molar-refractivity contribution in [1.82, 2.24) is 24.6 Å². The lowest BCUT2D eigenvalue weighted by Crippen LogP contribution is -2.36. The van der Waals surface area contributed by atoms with Gasteiger partial charge >= 0.3 is 5.69 Å². The maximum Gasteiger partial charge on any atom is 0.347 e. The molecule has 156 valence electrons. The fourth-order valence-corrected chi connectivity index (χ4v) is 3.93. The second kappa shape index (κ2) is 7.89. The second-order valence-corrected chi connectivity index (χ2v) is 8.80. The van der Waals surface area contributed by atoms with Crippen LogP contribution in [0.3, 0.4) is 0 Å². The number of hydrogen-bond acceptors (Lipinski definition) is 4. The first-order chi connectivity index (χ1) is 14.3. The van der Waals surface area contributed by atoms with Crippen molar-refractivity contribution >= 4 is 5.91 Å². The molecule has 0 radical (unpaired) electrons. The maximum absolute atomic E-state index is 12.5. The lowest BCUT2D eigenvalue weighted by molar-refractivity contribution is -0.122. The van der Waals surface area contributed by atoms with Crippen LogP contribution in [0, 0.1) is 0 Å². The van der Waals surface area contributed by atoms with E-state index in [-0.39, 0.29) is 23.9 Å². The summed E-state index contributed by atoms with van der Waals surface area (Å²) in [6, 6.07) is 10.0. The van der Waals surface area contributed by atoms with Crippen molar-refractivity contribution in [3.8, 4) is 5.69 Å². The van der Waals surface area contributed by atoms with Crippen molar-refractivity contribution in [3.63, 3.8) is 0 Å². The van der Waals surface area contributed by atoms with Crippen LogP contribution in [-0.2, 0) is 23.2 Å². The standard InChI is InChI=1S/C23H27N5O2/c1-23(2,3)16-8-10-17(11-9-16)28-20-7-4-6-19(18(20)14-25-28)26-21(29)15-27-13-5-12-24-22(27)30/h5,8-14,19H,4,6-7,15H2,1-3H3,(H,26,29)/t19-/m0/s1. The van der Waals surface area contributed by atoms with Gasteiger partial charge in [0.25, 0.3) is 0 Å². The van der Waals surface area contributed by atoms with E-state index in [1.807, 2.05) is 10.9 Å². The summed E-state index contributed by atoms with van der Waals surface area (Å²) in [6.45, 7) is 6.56. The van der Waals surface area contributed by atoms with E-state index in [2.05, 4.69) is 60.4 Å². The zero-order chi connectivity index (χ0) is 21.3. The van der Waals surface area contributed by atoms with Crippen molar-refractivity contribution < 1.29 is 4.79 Å². The predicted octanol–water partition coefficient (Wildman–Crippen LogP) is 2.92. The molecule has 0 aliphatic heterocycles. The first-order valence-corrected chi connectivity index (χ1v) is 10.3. The SMILES string of the molecule is CC(C)(C)c1ccc(-n2ncc3c2CCC[C@@H]3NC(=O)Cn2cccnc2=O)cc1. The van der Waals surface area contributed by atoms with E-state index in [0.29, 0.717) is 0 Å². The summed E-state index contributed by atoms with van der Waals surface area (Å²) in [5.41, 5.74) is 4.17. The fraction of sp³-hybridized carbons (Fsp3) is 0.391. The molecule has 7 heteroatoms. The quantitative estimate of drug-likeness (QED) is 0.724. The Morgan fingerprint density at radius 1 is 1.23 bits per heavy atom. The average Bonchev–Trinajstić information content (AvgIpc) is 3.14. The molecule has 1 aromatic carbocycles. The summed E-state index contributed by atoms with van der Waals surface area (Å²) in [7, 11) is 0. The van der Waals surface area contributed by atoms with E-state index in [4.69, 9.17) is 0 Å². The molecule has 0 unspecified atom stereocenters. The smallest absolute Gasteiger partial charge is 0.347 e. The Labute approximate surface area is 175 Å². The van der Waals surface area contributed by atoms with E-state index in [1.165, 1.54) is 16.3 Å². The lowest BCUT2D eigenvalue weighted by atomic mass is 9.87. The van der Waals surface area contributed by atoms with Crippen molar-refractivity contribution in [2.24, 2.45) is 0 Å². The van der Waals surface area contributed by atoms with Crippen LogP contribution in [-0.4, -0.2) is 25.2 Å². The highest BCUT2D eigenvalue weighted by atomic mass is 16.2. The number of aromatic nitrogens is 4. The molecule has 1 aliphatic carbocycles. The van der Waals surface area contributed by atoms with Gasteiger partial charge in [-0.3, -0.25) is 9.36 Å². The number of benzene rings is 1. The normalized spacial score (nSPS) is 16.2. The van der Waals surface area contributed by atoms with Crippen LogP contribution in [0.4, 0.5) is 0 Å². The van der Waals surface area contributed by atoms with Crippen molar-refractivity contribution in [1.29, 1.82) is 0 Å². The topological polar surface area (TPSA) is 81.8 Å². The van der Waals surface area contributed by atoms with E-state index in [1.54, 1.807) is 12.3 Å².